The van der Waals surface area contributed by atoms with E-state index in [1.54, 1.807) is 0 Å². The van der Waals surface area contributed by atoms with Gasteiger partial charge in [0.15, 0.2) is 0 Å². The van der Waals surface area contributed by atoms with E-state index in [9.17, 15) is 0 Å². The molecule has 3 heteroatoms. The molecular weight excluding hydrogens is 546 g/mol. The SMILES string of the molecule is c1ccc(-n2c3ccccc3c3cc(-n4c5ccccc5c5ccccc54)cc(-n4c5ccccc5c5ccccc54)c32)cc1. The third-order valence-corrected chi connectivity index (χ3v) is 9.41. The third kappa shape index (κ3) is 3.35. The van der Waals surface area contributed by atoms with Crippen molar-refractivity contribution < 1.29 is 0 Å². The molecule has 3 aromatic heterocycles. The maximum absolute atomic E-state index is 2.47. The lowest BCUT2D eigenvalue weighted by atomic mass is 10.1. The molecule has 3 nitrogen and oxygen atoms in total. The van der Waals surface area contributed by atoms with E-state index in [1.807, 2.05) is 0 Å². The van der Waals surface area contributed by atoms with E-state index in [2.05, 4.69) is 177 Å². The van der Waals surface area contributed by atoms with Crippen LogP contribution in [-0.4, -0.2) is 13.7 Å². The second-order valence-electron chi connectivity index (χ2n) is 11.8. The van der Waals surface area contributed by atoms with Crippen LogP contribution in [0.1, 0.15) is 0 Å². The van der Waals surface area contributed by atoms with Crippen LogP contribution >= 0.6 is 0 Å². The van der Waals surface area contributed by atoms with Crippen LogP contribution in [0.25, 0.3) is 82.5 Å². The van der Waals surface area contributed by atoms with E-state index in [0.717, 1.165) is 17.1 Å². The first-order valence-corrected chi connectivity index (χ1v) is 15.5. The van der Waals surface area contributed by atoms with E-state index >= 15 is 0 Å². The number of rotatable bonds is 3. The summed E-state index contributed by atoms with van der Waals surface area (Å²) in [6.45, 7) is 0. The molecule has 3 heterocycles. The molecule has 0 aliphatic rings. The van der Waals surface area contributed by atoms with Crippen LogP contribution in [0.3, 0.4) is 0 Å². The monoisotopic (exact) mass is 573 g/mol. The molecule has 0 aliphatic carbocycles. The smallest absolute Gasteiger partial charge is 0.0784 e. The zero-order valence-electron chi connectivity index (χ0n) is 24.4. The second kappa shape index (κ2) is 9.22. The normalized spacial score (nSPS) is 12.0. The first-order valence-electron chi connectivity index (χ1n) is 15.5. The van der Waals surface area contributed by atoms with Crippen molar-refractivity contribution in [3.63, 3.8) is 0 Å². The first kappa shape index (κ1) is 24.4. The number of hydrogen-bond donors (Lipinski definition) is 0. The van der Waals surface area contributed by atoms with Crippen LogP contribution in [0.2, 0.25) is 0 Å². The average molecular weight is 574 g/mol. The van der Waals surface area contributed by atoms with Crippen LogP contribution in [0, 0.1) is 0 Å². The van der Waals surface area contributed by atoms with Gasteiger partial charge in [-0.05, 0) is 54.6 Å². The standard InChI is InChI=1S/C42H27N3/c1-2-14-28(15-3-1)44-38-23-11-8-20-34(38)35-26-29(43-36-21-9-4-16-30(36)31-17-5-10-22-37(31)43)27-41(42(35)44)45-39-24-12-6-18-32(39)33-19-7-13-25-40(33)45/h1-27H. The summed E-state index contributed by atoms with van der Waals surface area (Å²) in [7, 11) is 0. The Kier molecular flexibility index (Phi) is 5.00. The Labute approximate surface area is 259 Å². The van der Waals surface area contributed by atoms with Gasteiger partial charge in [0.05, 0.1) is 38.8 Å². The number of para-hydroxylation sites is 6. The number of nitrogens with zero attached hydrogens (tertiary/aromatic N) is 3. The molecule has 210 valence electrons. The summed E-state index contributed by atoms with van der Waals surface area (Å²) in [5.41, 5.74) is 10.6. The fraction of sp³-hybridized carbons (Fsp3) is 0. The molecule has 0 bridgehead atoms. The summed E-state index contributed by atoms with van der Waals surface area (Å²) >= 11 is 0. The summed E-state index contributed by atoms with van der Waals surface area (Å²) in [6, 6.07) is 59.5. The molecule has 0 spiro atoms. The number of fused-ring (bicyclic) bond motifs is 9. The van der Waals surface area contributed by atoms with Gasteiger partial charge in [-0.25, -0.2) is 0 Å². The molecule has 7 aromatic carbocycles. The highest BCUT2D eigenvalue weighted by atomic mass is 15.1. The van der Waals surface area contributed by atoms with Crippen molar-refractivity contribution in [2.24, 2.45) is 0 Å². The number of benzene rings is 7. The van der Waals surface area contributed by atoms with E-state index in [1.165, 1.54) is 65.4 Å². The fourth-order valence-electron chi connectivity index (χ4n) is 7.59. The van der Waals surface area contributed by atoms with Gasteiger partial charge in [0, 0.05) is 43.7 Å². The van der Waals surface area contributed by atoms with Gasteiger partial charge in [0.25, 0.3) is 0 Å². The Morgan fingerprint density at radius 2 is 0.644 bits per heavy atom. The van der Waals surface area contributed by atoms with Gasteiger partial charge < -0.3 is 13.7 Å². The average Bonchev–Trinajstić information content (AvgIpc) is 3.74. The van der Waals surface area contributed by atoms with Gasteiger partial charge >= 0.3 is 0 Å². The van der Waals surface area contributed by atoms with Gasteiger partial charge in [-0.2, -0.15) is 0 Å². The van der Waals surface area contributed by atoms with Crippen LogP contribution in [0.4, 0.5) is 0 Å². The molecule has 0 atom stereocenters. The van der Waals surface area contributed by atoms with Gasteiger partial charge in [-0.3, -0.25) is 0 Å². The van der Waals surface area contributed by atoms with Gasteiger partial charge in [0.2, 0.25) is 0 Å². The fourth-order valence-corrected chi connectivity index (χ4v) is 7.59. The Bertz CT molecular complexity index is 2650. The predicted octanol–water partition coefficient (Wildman–Crippen LogP) is 11.0. The molecule has 0 amide bonds. The molecule has 0 saturated heterocycles. The highest BCUT2D eigenvalue weighted by molar-refractivity contribution is 6.16. The first-order chi connectivity index (χ1) is 22.4. The molecule has 0 radical (unpaired) electrons. The van der Waals surface area contributed by atoms with E-state index < -0.39 is 0 Å². The minimum absolute atomic E-state index is 1.15. The highest BCUT2D eigenvalue weighted by Crippen LogP contribution is 2.42. The van der Waals surface area contributed by atoms with Crippen molar-refractivity contribution in [3.05, 3.63) is 164 Å². The lowest BCUT2D eigenvalue weighted by molar-refractivity contribution is 1.11. The van der Waals surface area contributed by atoms with Crippen molar-refractivity contribution in [1.29, 1.82) is 0 Å². The van der Waals surface area contributed by atoms with Crippen molar-refractivity contribution in [2.75, 3.05) is 0 Å². The molecule has 10 aromatic rings. The molecule has 0 unspecified atom stereocenters. The van der Waals surface area contributed by atoms with Gasteiger partial charge in [-0.1, -0.05) is 109 Å². The summed E-state index contributed by atoms with van der Waals surface area (Å²) in [4.78, 5) is 0. The zero-order valence-corrected chi connectivity index (χ0v) is 24.4. The number of hydrogen-bond acceptors (Lipinski definition) is 0. The van der Waals surface area contributed by atoms with E-state index in [4.69, 9.17) is 0 Å². The Hall–Kier alpha value is -6.06. The molecule has 10 rings (SSSR count). The minimum atomic E-state index is 1.15. The summed E-state index contributed by atoms with van der Waals surface area (Å²) in [5, 5.41) is 7.50. The second-order valence-corrected chi connectivity index (χ2v) is 11.8. The molecular formula is C42H27N3. The van der Waals surface area contributed by atoms with Crippen molar-refractivity contribution in [1.82, 2.24) is 13.7 Å². The topological polar surface area (TPSA) is 14.8 Å². The van der Waals surface area contributed by atoms with Gasteiger partial charge in [0.1, 0.15) is 0 Å². The summed E-state index contributed by atoms with van der Waals surface area (Å²) in [5.74, 6) is 0. The lowest BCUT2D eigenvalue weighted by Crippen LogP contribution is -2.03. The molecule has 0 N–H and O–H groups in total. The van der Waals surface area contributed by atoms with E-state index in [0.29, 0.717) is 0 Å². The lowest BCUT2D eigenvalue weighted by Gasteiger charge is -2.17. The molecule has 0 saturated carbocycles. The number of aromatic nitrogens is 3. The van der Waals surface area contributed by atoms with Gasteiger partial charge in [-0.15, -0.1) is 0 Å². The highest BCUT2D eigenvalue weighted by Gasteiger charge is 2.22. The van der Waals surface area contributed by atoms with Crippen LogP contribution < -0.4 is 0 Å². The van der Waals surface area contributed by atoms with Crippen LogP contribution in [0.5, 0.6) is 0 Å². The van der Waals surface area contributed by atoms with Crippen molar-refractivity contribution >= 4 is 65.4 Å². The summed E-state index contributed by atoms with van der Waals surface area (Å²) in [6.07, 6.45) is 0. The van der Waals surface area contributed by atoms with Crippen LogP contribution in [-0.2, 0) is 0 Å². The predicted molar refractivity (Wildman–Crippen MR) is 189 cm³/mol. The maximum Gasteiger partial charge on any atom is 0.0784 e. The maximum atomic E-state index is 2.47. The Morgan fingerprint density at radius 3 is 1.13 bits per heavy atom. The Morgan fingerprint density at radius 1 is 0.267 bits per heavy atom. The quantitative estimate of drug-likeness (QED) is 0.200. The third-order valence-electron chi connectivity index (χ3n) is 9.41. The van der Waals surface area contributed by atoms with Crippen molar-refractivity contribution in [3.8, 4) is 17.1 Å². The zero-order chi connectivity index (χ0) is 29.5. The minimum Gasteiger partial charge on any atom is -0.309 e. The Balaban J connectivity index is 1.46. The van der Waals surface area contributed by atoms with Crippen LogP contribution in [0.15, 0.2) is 164 Å². The molecule has 0 fully saturated rings. The van der Waals surface area contributed by atoms with Crippen molar-refractivity contribution in [2.45, 2.75) is 0 Å². The molecule has 0 aliphatic heterocycles. The summed E-state index contributed by atoms with van der Waals surface area (Å²) < 4.78 is 7.36. The largest absolute Gasteiger partial charge is 0.309 e. The molecule has 45 heavy (non-hydrogen) atoms. The van der Waals surface area contributed by atoms with E-state index in [-0.39, 0.29) is 0 Å².